The van der Waals surface area contributed by atoms with Crippen molar-refractivity contribution < 1.29 is 9.53 Å². The number of piperazine rings is 1. The molecular weight excluding hydrogens is 368 g/mol. The van der Waals surface area contributed by atoms with E-state index in [0.717, 1.165) is 35.2 Å². The van der Waals surface area contributed by atoms with Crippen molar-refractivity contribution in [2.24, 2.45) is 0 Å². The maximum absolute atomic E-state index is 12.5. The molecule has 1 saturated heterocycles. The minimum absolute atomic E-state index is 0.0880. The second kappa shape index (κ2) is 8.36. The predicted octanol–water partition coefficient (Wildman–Crippen LogP) is 2.89. The number of aromatic nitrogens is 1. The molecule has 2 N–H and O–H groups in total. The molecule has 2 heterocycles. The van der Waals surface area contributed by atoms with E-state index >= 15 is 0 Å². The van der Waals surface area contributed by atoms with Gasteiger partial charge in [0.15, 0.2) is 0 Å². The Bertz CT molecular complexity index is 1060. The molecule has 0 atom stereocenters. The lowest BCUT2D eigenvalue weighted by Crippen LogP contribution is -2.49. The van der Waals surface area contributed by atoms with E-state index in [-0.39, 0.29) is 11.6 Å². The van der Waals surface area contributed by atoms with Crippen molar-refractivity contribution >= 4 is 22.6 Å². The molecular formula is C22H24N4O3. The molecule has 0 radical (unpaired) electrons. The van der Waals surface area contributed by atoms with Gasteiger partial charge in [-0.05, 0) is 35.7 Å². The number of carbonyl (C=O) groups excluding carboxylic acids is 1. The van der Waals surface area contributed by atoms with Crippen LogP contribution in [0.1, 0.15) is 5.56 Å². The fourth-order valence-corrected chi connectivity index (χ4v) is 3.54. The van der Waals surface area contributed by atoms with E-state index in [1.165, 1.54) is 0 Å². The third-order valence-electron chi connectivity index (χ3n) is 5.21. The van der Waals surface area contributed by atoms with Gasteiger partial charge < -0.3 is 19.9 Å². The normalized spacial score (nSPS) is 14.7. The summed E-state index contributed by atoms with van der Waals surface area (Å²) >= 11 is 0. The van der Waals surface area contributed by atoms with Gasteiger partial charge in [0.05, 0.1) is 12.6 Å². The number of H-pyrrole nitrogens is 1. The highest BCUT2D eigenvalue weighted by Crippen LogP contribution is 2.19. The number of urea groups is 1. The first-order valence-corrected chi connectivity index (χ1v) is 9.65. The first kappa shape index (κ1) is 19.0. The lowest BCUT2D eigenvalue weighted by molar-refractivity contribution is 0.142. The Balaban J connectivity index is 1.37. The topological polar surface area (TPSA) is 77.7 Å². The van der Waals surface area contributed by atoms with Crippen molar-refractivity contribution in [1.29, 1.82) is 0 Å². The number of fused-ring (bicyclic) bond motifs is 1. The zero-order chi connectivity index (χ0) is 20.2. The number of para-hydroxylation sites is 1. The summed E-state index contributed by atoms with van der Waals surface area (Å²) < 4.78 is 5.21. The molecule has 150 valence electrons. The molecule has 29 heavy (non-hydrogen) atoms. The number of carbonyl (C=O) groups is 1. The summed E-state index contributed by atoms with van der Waals surface area (Å²) in [5, 5.41) is 3.89. The van der Waals surface area contributed by atoms with Gasteiger partial charge in [-0.25, -0.2) is 4.79 Å². The van der Waals surface area contributed by atoms with Crippen LogP contribution in [0.3, 0.4) is 0 Å². The van der Waals surface area contributed by atoms with E-state index in [9.17, 15) is 9.59 Å². The lowest BCUT2D eigenvalue weighted by atomic mass is 10.1. The first-order valence-electron chi connectivity index (χ1n) is 9.65. The Hall–Kier alpha value is -3.32. The van der Waals surface area contributed by atoms with Crippen molar-refractivity contribution in [2.45, 2.75) is 6.54 Å². The van der Waals surface area contributed by atoms with Crippen LogP contribution in [0.5, 0.6) is 5.75 Å². The van der Waals surface area contributed by atoms with Crippen LogP contribution in [-0.2, 0) is 6.54 Å². The van der Waals surface area contributed by atoms with Gasteiger partial charge in [0, 0.05) is 50.0 Å². The number of amides is 2. The van der Waals surface area contributed by atoms with Gasteiger partial charge in [-0.2, -0.15) is 0 Å². The van der Waals surface area contributed by atoms with E-state index < -0.39 is 0 Å². The minimum Gasteiger partial charge on any atom is -0.497 e. The Morgan fingerprint density at radius 1 is 1.07 bits per heavy atom. The molecule has 1 aliphatic rings. The van der Waals surface area contributed by atoms with Crippen molar-refractivity contribution in [3.05, 3.63) is 70.5 Å². The molecule has 1 aromatic heterocycles. The Morgan fingerprint density at radius 2 is 1.83 bits per heavy atom. The molecule has 0 saturated carbocycles. The smallest absolute Gasteiger partial charge is 0.321 e. The van der Waals surface area contributed by atoms with E-state index in [1.54, 1.807) is 12.0 Å². The van der Waals surface area contributed by atoms with Crippen LogP contribution in [0, 0.1) is 0 Å². The molecule has 3 aromatic rings. The number of pyridine rings is 1. The van der Waals surface area contributed by atoms with Gasteiger partial charge in [0.2, 0.25) is 0 Å². The summed E-state index contributed by atoms with van der Waals surface area (Å²) in [5.74, 6) is 0.714. The largest absolute Gasteiger partial charge is 0.497 e. The summed E-state index contributed by atoms with van der Waals surface area (Å²) in [6.07, 6.45) is 0. The molecule has 2 aromatic carbocycles. The number of hydrogen-bond acceptors (Lipinski definition) is 4. The van der Waals surface area contributed by atoms with Crippen molar-refractivity contribution in [1.82, 2.24) is 14.8 Å². The van der Waals surface area contributed by atoms with E-state index in [0.29, 0.717) is 25.4 Å². The van der Waals surface area contributed by atoms with Gasteiger partial charge in [0.1, 0.15) is 5.75 Å². The molecule has 0 bridgehead atoms. The summed E-state index contributed by atoms with van der Waals surface area (Å²) in [7, 11) is 1.60. The second-order valence-electron chi connectivity index (χ2n) is 7.14. The number of benzene rings is 2. The Morgan fingerprint density at radius 3 is 2.55 bits per heavy atom. The van der Waals surface area contributed by atoms with Crippen molar-refractivity contribution in [2.75, 3.05) is 38.6 Å². The minimum atomic E-state index is -0.0895. The zero-order valence-electron chi connectivity index (χ0n) is 16.4. The molecule has 0 aliphatic carbocycles. The monoisotopic (exact) mass is 392 g/mol. The summed E-state index contributed by atoms with van der Waals surface area (Å²) in [6.45, 7) is 3.26. The summed E-state index contributed by atoms with van der Waals surface area (Å²) in [6, 6.07) is 16.9. The van der Waals surface area contributed by atoms with Crippen molar-refractivity contribution in [3.8, 4) is 5.75 Å². The molecule has 4 rings (SSSR count). The standard InChI is InChI=1S/C22H24N4O3/c1-29-19-8-7-16-13-17(21(27)24-20(16)14-19)15-25-9-11-26(12-10-25)22(28)23-18-5-3-2-4-6-18/h2-8,13-14H,9-12,15H2,1H3,(H,23,28)(H,24,27). The lowest BCUT2D eigenvalue weighted by Gasteiger charge is -2.34. The SMILES string of the molecule is COc1ccc2cc(CN3CCN(C(=O)Nc4ccccc4)CC3)c(=O)[nH]c2c1. The molecule has 0 spiro atoms. The fraction of sp³-hybridized carbons (Fsp3) is 0.273. The average molecular weight is 392 g/mol. The zero-order valence-corrected chi connectivity index (χ0v) is 16.4. The molecule has 7 heteroatoms. The Kier molecular flexibility index (Phi) is 5.48. The maximum Gasteiger partial charge on any atom is 0.321 e. The Labute approximate surface area is 168 Å². The highest BCUT2D eigenvalue weighted by atomic mass is 16.5. The fourth-order valence-electron chi connectivity index (χ4n) is 3.54. The quantitative estimate of drug-likeness (QED) is 0.716. The van der Waals surface area contributed by atoms with Crippen LogP contribution < -0.4 is 15.6 Å². The number of hydrogen-bond donors (Lipinski definition) is 2. The summed E-state index contributed by atoms with van der Waals surface area (Å²) in [4.78, 5) is 31.8. The first-order chi connectivity index (χ1) is 14.1. The maximum atomic E-state index is 12.5. The number of aromatic amines is 1. The molecule has 1 aliphatic heterocycles. The third-order valence-corrected chi connectivity index (χ3v) is 5.21. The van der Waals surface area contributed by atoms with E-state index in [1.807, 2.05) is 54.6 Å². The number of nitrogens with zero attached hydrogens (tertiary/aromatic N) is 2. The predicted molar refractivity (Wildman–Crippen MR) is 113 cm³/mol. The van der Waals surface area contributed by atoms with Crippen LogP contribution >= 0.6 is 0 Å². The van der Waals surface area contributed by atoms with E-state index in [2.05, 4.69) is 15.2 Å². The van der Waals surface area contributed by atoms with Gasteiger partial charge in [-0.15, -0.1) is 0 Å². The average Bonchev–Trinajstić information content (AvgIpc) is 2.75. The number of ether oxygens (including phenoxy) is 1. The third kappa shape index (κ3) is 4.41. The highest BCUT2D eigenvalue weighted by molar-refractivity contribution is 5.89. The molecule has 0 unspecified atom stereocenters. The molecule has 1 fully saturated rings. The number of rotatable bonds is 4. The summed E-state index contributed by atoms with van der Waals surface area (Å²) in [5.41, 5.74) is 2.19. The van der Waals surface area contributed by atoms with Crippen LogP contribution in [0.25, 0.3) is 10.9 Å². The molecule has 7 nitrogen and oxygen atoms in total. The van der Waals surface area contributed by atoms with E-state index in [4.69, 9.17) is 4.74 Å². The van der Waals surface area contributed by atoms with Gasteiger partial charge in [0.25, 0.3) is 5.56 Å². The van der Waals surface area contributed by atoms with Crippen LogP contribution in [0.2, 0.25) is 0 Å². The van der Waals surface area contributed by atoms with Crippen molar-refractivity contribution in [3.63, 3.8) is 0 Å². The van der Waals surface area contributed by atoms with Crippen LogP contribution in [0.4, 0.5) is 10.5 Å². The number of anilines is 1. The van der Waals surface area contributed by atoms with Crippen LogP contribution in [0.15, 0.2) is 59.4 Å². The second-order valence-corrected chi connectivity index (χ2v) is 7.14. The van der Waals surface area contributed by atoms with Gasteiger partial charge >= 0.3 is 6.03 Å². The van der Waals surface area contributed by atoms with Gasteiger partial charge in [-0.3, -0.25) is 9.69 Å². The van der Waals surface area contributed by atoms with Crippen LogP contribution in [-0.4, -0.2) is 54.1 Å². The number of methoxy groups -OCH3 is 1. The number of nitrogens with one attached hydrogen (secondary N) is 2. The molecule has 2 amide bonds. The van der Waals surface area contributed by atoms with Gasteiger partial charge in [-0.1, -0.05) is 18.2 Å². The highest BCUT2D eigenvalue weighted by Gasteiger charge is 2.22.